The Bertz CT molecular complexity index is 545. The predicted octanol–water partition coefficient (Wildman–Crippen LogP) is 1.90. The third kappa shape index (κ3) is 3.89. The Morgan fingerprint density at radius 1 is 1.47 bits per heavy atom. The lowest BCUT2D eigenvalue weighted by molar-refractivity contribution is 0.539. The van der Waals surface area contributed by atoms with Crippen molar-refractivity contribution >= 4 is 21.6 Å². The highest BCUT2D eigenvalue weighted by Gasteiger charge is 2.19. The smallest absolute Gasteiger partial charge is 0.242 e. The molecule has 0 aliphatic carbocycles. The normalized spacial score (nSPS) is 19.8. The zero-order valence-electron chi connectivity index (χ0n) is 10.3. The number of rotatable bonds is 5. The molecule has 1 heterocycles. The van der Waals surface area contributed by atoms with Gasteiger partial charge in [-0.3, -0.25) is 0 Å². The SMILES string of the molecule is O=S(=O)(NCCC1CCCN1)c1ccc(F)cc1Cl. The number of hydrogen-bond acceptors (Lipinski definition) is 3. The van der Waals surface area contributed by atoms with Crippen molar-refractivity contribution in [2.45, 2.75) is 30.2 Å². The van der Waals surface area contributed by atoms with E-state index in [9.17, 15) is 12.8 Å². The van der Waals surface area contributed by atoms with Gasteiger partial charge in [0, 0.05) is 12.6 Å². The molecule has 0 radical (unpaired) electrons. The first-order valence-electron chi connectivity index (χ1n) is 6.17. The minimum Gasteiger partial charge on any atom is -0.314 e. The fraction of sp³-hybridized carbons (Fsp3) is 0.500. The zero-order valence-corrected chi connectivity index (χ0v) is 11.9. The summed E-state index contributed by atoms with van der Waals surface area (Å²) in [6.45, 7) is 1.33. The third-order valence-electron chi connectivity index (χ3n) is 3.13. The van der Waals surface area contributed by atoms with Crippen LogP contribution in [-0.4, -0.2) is 27.5 Å². The highest BCUT2D eigenvalue weighted by molar-refractivity contribution is 7.89. The first-order valence-corrected chi connectivity index (χ1v) is 8.03. The predicted molar refractivity (Wildman–Crippen MR) is 72.2 cm³/mol. The second-order valence-corrected chi connectivity index (χ2v) is 6.70. The van der Waals surface area contributed by atoms with E-state index in [4.69, 9.17) is 11.6 Å². The first kappa shape index (κ1) is 14.7. The van der Waals surface area contributed by atoms with E-state index in [0.717, 1.165) is 37.9 Å². The lowest BCUT2D eigenvalue weighted by atomic mass is 10.2. The van der Waals surface area contributed by atoms with Crippen LogP contribution in [0, 0.1) is 5.82 Å². The average molecular weight is 307 g/mol. The van der Waals surface area contributed by atoms with Crippen molar-refractivity contribution in [1.29, 1.82) is 0 Å². The van der Waals surface area contributed by atoms with Gasteiger partial charge in [0.05, 0.1) is 5.02 Å². The molecule has 1 unspecified atom stereocenters. The van der Waals surface area contributed by atoms with Crippen LogP contribution in [0.25, 0.3) is 0 Å². The van der Waals surface area contributed by atoms with Crippen molar-refractivity contribution in [3.63, 3.8) is 0 Å². The molecular formula is C12H16ClFN2O2S. The molecule has 4 nitrogen and oxygen atoms in total. The van der Waals surface area contributed by atoms with Crippen LogP contribution in [0.3, 0.4) is 0 Å². The van der Waals surface area contributed by atoms with Crippen LogP contribution in [0.4, 0.5) is 4.39 Å². The Morgan fingerprint density at radius 3 is 2.89 bits per heavy atom. The number of benzene rings is 1. The molecule has 1 aromatic carbocycles. The van der Waals surface area contributed by atoms with Crippen molar-refractivity contribution in [3.05, 3.63) is 29.0 Å². The molecular weight excluding hydrogens is 291 g/mol. The second-order valence-electron chi connectivity index (χ2n) is 4.55. The molecule has 1 aromatic rings. The molecule has 2 rings (SSSR count). The van der Waals surface area contributed by atoms with Crippen molar-refractivity contribution in [2.75, 3.05) is 13.1 Å². The molecule has 0 spiro atoms. The molecule has 1 aliphatic rings. The van der Waals surface area contributed by atoms with E-state index < -0.39 is 15.8 Å². The Hall–Kier alpha value is -0.690. The lowest BCUT2D eigenvalue weighted by Crippen LogP contribution is -2.30. The Labute approximate surface area is 117 Å². The summed E-state index contributed by atoms with van der Waals surface area (Å²) < 4.78 is 39.4. The van der Waals surface area contributed by atoms with E-state index in [2.05, 4.69) is 10.0 Å². The first-order chi connectivity index (χ1) is 8.99. The summed E-state index contributed by atoms with van der Waals surface area (Å²) in [5.74, 6) is -0.556. The summed E-state index contributed by atoms with van der Waals surface area (Å²) in [7, 11) is -3.68. The highest BCUT2D eigenvalue weighted by atomic mass is 35.5. The summed E-state index contributed by atoms with van der Waals surface area (Å²) in [4.78, 5) is -0.0880. The molecule has 0 aromatic heterocycles. The topological polar surface area (TPSA) is 58.2 Å². The quantitative estimate of drug-likeness (QED) is 0.873. The second kappa shape index (κ2) is 6.17. The summed E-state index contributed by atoms with van der Waals surface area (Å²) >= 11 is 5.75. The van der Waals surface area contributed by atoms with Gasteiger partial charge in [-0.05, 0) is 44.0 Å². The van der Waals surface area contributed by atoms with Crippen LogP contribution >= 0.6 is 11.6 Å². The Balaban J connectivity index is 1.97. The van der Waals surface area contributed by atoms with E-state index in [1.165, 1.54) is 6.07 Å². The van der Waals surface area contributed by atoms with Gasteiger partial charge in [0.2, 0.25) is 10.0 Å². The molecule has 0 amide bonds. The van der Waals surface area contributed by atoms with E-state index in [1.54, 1.807) is 0 Å². The molecule has 7 heteroatoms. The van der Waals surface area contributed by atoms with Crippen LogP contribution in [0.15, 0.2) is 23.1 Å². The Morgan fingerprint density at radius 2 is 2.26 bits per heavy atom. The molecule has 1 atom stereocenters. The summed E-state index contributed by atoms with van der Waals surface area (Å²) in [5.41, 5.74) is 0. The average Bonchev–Trinajstić information content (AvgIpc) is 2.81. The standard InChI is InChI=1S/C12H16ClFN2O2S/c13-11-8-9(14)3-4-12(11)19(17,18)16-7-5-10-2-1-6-15-10/h3-4,8,10,15-16H,1-2,5-7H2. The van der Waals surface area contributed by atoms with Gasteiger partial charge in [0.1, 0.15) is 10.7 Å². The summed E-state index contributed by atoms with van der Waals surface area (Å²) in [5, 5.41) is 3.19. The van der Waals surface area contributed by atoms with E-state index >= 15 is 0 Å². The molecule has 1 saturated heterocycles. The van der Waals surface area contributed by atoms with Crippen molar-refractivity contribution in [3.8, 4) is 0 Å². The maximum atomic E-state index is 12.9. The molecule has 1 aliphatic heterocycles. The maximum absolute atomic E-state index is 12.9. The van der Waals surface area contributed by atoms with Crippen LogP contribution in [-0.2, 0) is 10.0 Å². The van der Waals surface area contributed by atoms with Gasteiger partial charge >= 0.3 is 0 Å². The van der Waals surface area contributed by atoms with E-state index in [-0.39, 0.29) is 9.92 Å². The number of sulfonamides is 1. The minimum absolute atomic E-state index is 0.0880. The van der Waals surface area contributed by atoms with Gasteiger partial charge in [0.25, 0.3) is 0 Å². The number of nitrogens with one attached hydrogen (secondary N) is 2. The Kier molecular flexibility index (Phi) is 4.78. The van der Waals surface area contributed by atoms with Gasteiger partial charge < -0.3 is 5.32 Å². The van der Waals surface area contributed by atoms with Crippen LogP contribution in [0.5, 0.6) is 0 Å². The summed E-state index contributed by atoms with van der Waals surface area (Å²) in [6.07, 6.45) is 2.93. The van der Waals surface area contributed by atoms with Gasteiger partial charge in [-0.15, -0.1) is 0 Å². The van der Waals surface area contributed by atoms with Crippen LogP contribution < -0.4 is 10.0 Å². The summed E-state index contributed by atoms with van der Waals surface area (Å²) in [6, 6.07) is 3.62. The van der Waals surface area contributed by atoms with Gasteiger partial charge in [-0.25, -0.2) is 17.5 Å². The highest BCUT2D eigenvalue weighted by Crippen LogP contribution is 2.22. The fourth-order valence-electron chi connectivity index (χ4n) is 2.14. The van der Waals surface area contributed by atoms with E-state index in [1.807, 2.05) is 0 Å². The van der Waals surface area contributed by atoms with Gasteiger partial charge in [-0.2, -0.15) is 0 Å². The molecule has 2 N–H and O–H groups in total. The monoisotopic (exact) mass is 306 g/mol. The third-order valence-corrected chi connectivity index (χ3v) is 5.07. The van der Waals surface area contributed by atoms with Crippen molar-refractivity contribution < 1.29 is 12.8 Å². The van der Waals surface area contributed by atoms with Crippen molar-refractivity contribution in [2.24, 2.45) is 0 Å². The molecule has 19 heavy (non-hydrogen) atoms. The fourth-order valence-corrected chi connectivity index (χ4v) is 3.72. The number of hydrogen-bond donors (Lipinski definition) is 2. The minimum atomic E-state index is -3.68. The number of halogens is 2. The van der Waals surface area contributed by atoms with Crippen LogP contribution in [0.1, 0.15) is 19.3 Å². The van der Waals surface area contributed by atoms with Gasteiger partial charge in [-0.1, -0.05) is 11.6 Å². The molecule has 106 valence electrons. The molecule has 0 saturated carbocycles. The van der Waals surface area contributed by atoms with E-state index in [0.29, 0.717) is 12.6 Å². The zero-order chi connectivity index (χ0) is 13.9. The maximum Gasteiger partial charge on any atom is 0.242 e. The molecule has 1 fully saturated rings. The van der Waals surface area contributed by atoms with Crippen LogP contribution in [0.2, 0.25) is 5.02 Å². The molecule has 0 bridgehead atoms. The van der Waals surface area contributed by atoms with Gasteiger partial charge in [0.15, 0.2) is 0 Å². The van der Waals surface area contributed by atoms with Crippen molar-refractivity contribution in [1.82, 2.24) is 10.0 Å². The lowest BCUT2D eigenvalue weighted by Gasteiger charge is -2.12. The largest absolute Gasteiger partial charge is 0.314 e.